The van der Waals surface area contributed by atoms with Gasteiger partial charge < -0.3 is 37.6 Å². The monoisotopic (exact) mass is 1290 g/mol. The molecule has 17 nitrogen and oxygen atoms in total. The topological polar surface area (TPSA) is 168 Å². The number of methoxy groups -OCH3 is 4. The highest BCUT2D eigenvalue weighted by atomic mass is 19.4. The van der Waals surface area contributed by atoms with Crippen molar-refractivity contribution in [2.45, 2.75) is 71.9 Å². The van der Waals surface area contributed by atoms with Gasteiger partial charge in [0.25, 0.3) is 0 Å². The Hall–Kier alpha value is -10.9. The molecular weight excluding hydrogens is 1230 g/mol. The van der Waals surface area contributed by atoms with Crippen LogP contribution in [-0.4, -0.2) is 63.4 Å². The molecule has 0 radical (unpaired) electrons. The number of rotatable bonds is 20. The Morgan fingerprint density at radius 1 is 0.511 bits per heavy atom. The molecule has 5 aromatic heterocycles. The lowest BCUT2D eigenvalue weighted by molar-refractivity contribution is -0.139. The van der Waals surface area contributed by atoms with E-state index in [4.69, 9.17) is 47.7 Å². The molecule has 6 heterocycles. The van der Waals surface area contributed by atoms with Gasteiger partial charge in [0.15, 0.2) is 17.2 Å². The van der Waals surface area contributed by atoms with E-state index in [0.29, 0.717) is 95.5 Å². The molecule has 0 saturated heterocycles. The molecular formula is C70H62F7N9O8. The predicted octanol–water partition coefficient (Wildman–Crippen LogP) is 14.5. The van der Waals surface area contributed by atoms with Gasteiger partial charge in [0.2, 0.25) is 17.8 Å². The van der Waals surface area contributed by atoms with Crippen LogP contribution in [0.1, 0.15) is 61.6 Å². The molecule has 0 saturated carbocycles. The minimum absolute atomic E-state index is 0.0277. The fraction of sp³-hybridized carbons (Fsp3) is 0.229. The number of imidazole rings is 1. The Bertz CT molecular complexity index is 4470. The van der Waals surface area contributed by atoms with Gasteiger partial charge in [-0.05, 0) is 138 Å². The maximum atomic E-state index is 14.0. The Balaban J connectivity index is 0.000000192. The van der Waals surface area contributed by atoms with E-state index in [1.54, 1.807) is 66.6 Å². The second-order valence-electron chi connectivity index (χ2n) is 22.2. The number of carbonyl (C=O) groups excluding carboxylic acids is 1. The van der Waals surface area contributed by atoms with Crippen LogP contribution in [0.25, 0.3) is 34.1 Å². The first kappa shape index (κ1) is 64.6. The summed E-state index contributed by atoms with van der Waals surface area (Å²) in [5.74, 6) is 4.15. The van der Waals surface area contributed by atoms with E-state index in [2.05, 4.69) is 0 Å². The van der Waals surface area contributed by atoms with E-state index in [-0.39, 0.29) is 58.6 Å². The lowest BCUT2D eigenvalue weighted by atomic mass is 10.1. The second-order valence-corrected chi connectivity index (χ2v) is 22.2. The minimum Gasteiger partial charge on any atom is -0.497 e. The van der Waals surface area contributed by atoms with Gasteiger partial charge in [0, 0.05) is 38.8 Å². The van der Waals surface area contributed by atoms with E-state index in [9.17, 15) is 40.3 Å². The SMILES string of the molecule is COc1ccc(CN(Cc2ccc(OC)cc2)c2nc(-c3ccc(C)o3)c3c(n2)N(Cc2ccccc2C(F)(F)F)C(=O)C3)cc1.COc1ccc(CN(Cc2ccc(OC)cc2)c2nc(-c3ccc(C)o3)c3c(n2)n(Cc2ccc(F)cc2C(F)(F)F)c(=O)n3C)cc1. The van der Waals surface area contributed by atoms with Gasteiger partial charge in [0.1, 0.15) is 63.1 Å². The highest BCUT2D eigenvalue weighted by molar-refractivity contribution is 6.02. The predicted molar refractivity (Wildman–Crippen MR) is 338 cm³/mol. The summed E-state index contributed by atoms with van der Waals surface area (Å²) >= 11 is 0. The molecule has 6 aromatic carbocycles. The number of hydrogen-bond acceptors (Lipinski definition) is 14. The van der Waals surface area contributed by atoms with Crippen molar-refractivity contribution in [3.05, 3.63) is 242 Å². The Labute approximate surface area is 534 Å². The van der Waals surface area contributed by atoms with Crippen LogP contribution in [0.3, 0.4) is 0 Å². The average Bonchev–Trinajstić information content (AvgIpc) is 1.58. The number of alkyl halides is 6. The quantitative estimate of drug-likeness (QED) is 0.0661. The van der Waals surface area contributed by atoms with Crippen LogP contribution in [0.5, 0.6) is 23.0 Å². The third kappa shape index (κ3) is 14.2. The summed E-state index contributed by atoms with van der Waals surface area (Å²) in [7, 11) is 7.85. The largest absolute Gasteiger partial charge is 0.497 e. The molecule has 0 aliphatic carbocycles. The zero-order valence-corrected chi connectivity index (χ0v) is 52.0. The molecule has 24 heteroatoms. The molecule has 0 unspecified atom stereocenters. The summed E-state index contributed by atoms with van der Waals surface area (Å²) < 4.78 is 133. The molecule has 94 heavy (non-hydrogen) atoms. The number of nitrogens with zero attached hydrogens (tertiary/aromatic N) is 9. The second kappa shape index (κ2) is 27.1. The Morgan fingerprint density at radius 2 is 0.947 bits per heavy atom. The van der Waals surface area contributed by atoms with Crippen LogP contribution in [-0.2, 0) is 69.9 Å². The van der Waals surface area contributed by atoms with Crippen molar-refractivity contribution in [2.75, 3.05) is 43.1 Å². The normalized spacial score (nSPS) is 12.2. The fourth-order valence-corrected chi connectivity index (χ4v) is 11.0. The molecule has 0 N–H and O–H groups in total. The summed E-state index contributed by atoms with van der Waals surface area (Å²) in [4.78, 5) is 51.9. The number of aromatic nitrogens is 6. The van der Waals surface area contributed by atoms with Gasteiger partial charge in [-0.15, -0.1) is 0 Å². The molecule has 1 aliphatic heterocycles. The summed E-state index contributed by atoms with van der Waals surface area (Å²) in [6, 6.07) is 44.8. The van der Waals surface area contributed by atoms with Crippen LogP contribution in [0.15, 0.2) is 177 Å². The van der Waals surface area contributed by atoms with Gasteiger partial charge in [-0.2, -0.15) is 36.3 Å². The van der Waals surface area contributed by atoms with E-state index in [1.165, 1.54) is 34.7 Å². The van der Waals surface area contributed by atoms with Crippen LogP contribution in [0.4, 0.5) is 48.4 Å². The van der Waals surface area contributed by atoms with Crippen molar-refractivity contribution in [3.8, 4) is 45.9 Å². The average molecular weight is 1290 g/mol. The van der Waals surface area contributed by atoms with Gasteiger partial charge in [-0.3, -0.25) is 18.8 Å². The number of carbonyl (C=O) groups is 1. The Morgan fingerprint density at radius 3 is 1.39 bits per heavy atom. The van der Waals surface area contributed by atoms with E-state index in [0.717, 1.165) is 45.0 Å². The van der Waals surface area contributed by atoms with Gasteiger partial charge >= 0.3 is 18.0 Å². The zero-order valence-electron chi connectivity index (χ0n) is 52.0. The molecule has 0 fully saturated rings. The van der Waals surface area contributed by atoms with E-state index >= 15 is 0 Å². The first-order chi connectivity index (χ1) is 45.1. The van der Waals surface area contributed by atoms with Crippen LogP contribution < -0.4 is 39.3 Å². The summed E-state index contributed by atoms with van der Waals surface area (Å²) in [6.45, 7) is 4.17. The van der Waals surface area contributed by atoms with E-state index in [1.807, 2.05) is 107 Å². The number of fused-ring (bicyclic) bond motifs is 2. The number of aryl methyl sites for hydroxylation is 3. The third-order valence-corrected chi connectivity index (χ3v) is 15.8. The third-order valence-electron chi connectivity index (χ3n) is 15.8. The fourth-order valence-electron chi connectivity index (χ4n) is 11.0. The van der Waals surface area contributed by atoms with Crippen molar-refractivity contribution in [1.29, 1.82) is 0 Å². The number of hydrogen-bond donors (Lipinski definition) is 0. The zero-order chi connectivity index (χ0) is 66.6. The number of benzene rings is 6. The molecule has 1 amide bonds. The van der Waals surface area contributed by atoms with E-state index < -0.39 is 41.5 Å². The minimum atomic E-state index is -4.85. The van der Waals surface area contributed by atoms with Crippen molar-refractivity contribution < 1.29 is 63.3 Å². The van der Waals surface area contributed by atoms with Crippen molar-refractivity contribution in [3.63, 3.8) is 0 Å². The number of amides is 1. The number of furan rings is 2. The molecule has 0 bridgehead atoms. The molecule has 12 rings (SSSR count). The van der Waals surface area contributed by atoms with Gasteiger partial charge in [-0.25, -0.2) is 19.2 Å². The molecule has 0 atom stereocenters. The maximum Gasteiger partial charge on any atom is 0.416 e. The first-order valence-corrected chi connectivity index (χ1v) is 29.4. The van der Waals surface area contributed by atoms with Crippen molar-refractivity contribution in [1.82, 2.24) is 29.1 Å². The van der Waals surface area contributed by atoms with Gasteiger partial charge in [0.05, 0.1) is 59.1 Å². The summed E-state index contributed by atoms with van der Waals surface area (Å²) in [5.41, 5.74) is 2.32. The number of halogens is 7. The highest BCUT2D eigenvalue weighted by Crippen LogP contribution is 2.41. The molecule has 0 spiro atoms. The molecule has 1 aliphatic rings. The molecule has 484 valence electrons. The highest BCUT2D eigenvalue weighted by Gasteiger charge is 2.39. The first-order valence-electron chi connectivity index (χ1n) is 29.4. The van der Waals surface area contributed by atoms with Crippen LogP contribution in [0.2, 0.25) is 0 Å². The Kier molecular flexibility index (Phi) is 18.6. The molecule has 11 aromatic rings. The number of ether oxygens (including phenoxy) is 4. The smallest absolute Gasteiger partial charge is 0.416 e. The van der Waals surface area contributed by atoms with Crippen molar-refractivity contribution >= 4 is 34.8 Å². The maximum absolute atomic E-state index is 14.0. The van der Waals surface area contributed by atoms with Crippen LogP contribution in [0, 0.1) is 19.7 Å². The van der Waals surface area contributed by atoms with Gasteiger partial charge in [-0.1, -0.05) is 72.8 Å². The van der Waals surface area contributed by atoms with Crippen molar-refractivity contribution in [2.24, 2.45) is 7.05 Å². The van der Waals surface area contributed by atoms with Crippen LogP contribution >= 0.6 is 0 Å². The summed E-state index contributed by atoms with van der Waals surface area (Å²) in [5, 5.41) is 0. The lowest BCUT2D eigenvalue weighted by Gasteiger charge is -2.26. The standard InChI is InChI=1S/C35H31F4N5O4.C35H31F3N4O4/c1-21-5-16-29(48-21)30-31-32(44(34(45)42(31)2)20-24-10-11-25(36)17-28(24)35(37,38)39)41-33(40-30)43(18-22-6-12-26(46-3)13-7-22)19-23-8-14-27(47-4)15-9-23;1-22-8-17-30(46-22)32-28-18-31(43)42(21-25-6-4-5-7-29(25)35(36,37)38)33(28)40-34(39-32)41(19-23-9-13-26(44-2)14-10-23)20-24-11-15-27(45-3)16-12-24/h5-17H,18-20H2,1-4H3;4-17H,18-21H2,1-3H3. The summed E-state index contributed by atoms with van der Waals surface area (Å²) in [6.07, 6.45) is -9.50. The number of anilines is 3. The lowest BCUT2D eigenvalue weighted by Crippen LogP contribution is -2.29.